The van der Waals surface area contributed by atoms with Crippen LogP contribution in [0.2, 0.25) is 0 Å². The summed E-state index contributed by atoms with van der Waals surface area (Å²) >= 11 is 1.79. The van der Waals surface area contributed by atoms with Gasteiger partial charge in [0.2, 0.25) is 0 Å². The van der Waals surface area contributed by atoms with Gasteiger partial charge in [-0.2, -0.15) is 11.3 Å². The Balaban J connectivity index is 1.55. The van der Waals surface area contributed by atoms with Gasteiger partial charge in [0.25, 0.3) is 0 Å². The van der Waals surface area contributed by atoms with E-state index in [-0.39, 0.29) is 5.60 Å². The van der Waals surface area contributed by atoms with Gasteiger partial charge in [0, 0.05) is 32.2 Å². The van der Waals surface area contributed by atoms with E-state index in [4.69, 9.17) is 9.47 Å². The topological polar surface area (TPSA) is 30.5 Å². The molecule has 2 unspecified atom stereocenters. The van der Waals surface area contributed by atoms with Gasteiger partial charge in [-0.25, -0.2) is 0 Å². The zero-order chi connectivity index (χ0) is 12.4. The molecule has 3 rings (SSSR count). The molecule has 1 N–H and O–H groups in total. The van der Waals surface area contributed by atoms with E-state index in [1.54, 1.807) is 11.3 Å². The van der Waals surface area contributed by atoms with Crippen molar-refractivity contribution in [2.24, 2.45) is 0 Å². The molecule has 1 aromatic heterocycles. The molecule has 3 heterocycles. The first kappa shape index (κ1) is 12.6. The summed E-state index contributed by atoms with van der Waals surface area (Å²) in [6.07, 6.45) is 3.27. The van der Waals surface area contributed by atoms with E-state index < -0.39 is 0 Å². The maximum absolute atomic E-state index is 5.95. The minimum absolute atomic E-state index is 0.0135. The van der Waals surface area contributed by atoms with Crippen molar-refractivity contribution in [3.05, 3.63) is 21.9 Å². The van der Waals surface area contributed by atoms with Gasteiger partial charge in [-0.3, -0.25) is 0 Å². The molecular formula is C14H21NO2S. The minimum atomic E-state index is 0.0135. The van der Waals surface area contributed by atoms with Crippen molar-refractivity contribution in [1.82, 2.24) is 5.32 Å². The Morgan fingerprint density at radius 3 is 3.11 bits per heavy atom. The van der Waals surface area contributed by atoms with Gasteiger partial charge in [-0.1, -0.05) is 0 Å². The third-order valence-electron chi connectivity index (χ3n) is 4.10. The summed E-state index contributed by atoms with van der Waals surface area (Å²) in [5, 5.41) is 8.15. The molecule has 100 valence electrons. The molecule has 2 atom stereocenters. The number of hydrogen-bond donors (Lipinski definition) is 1. The van der Waals surface area contributed by atoms with Crippen LogP contribution in [0, 0.1) is 6.92 Å². The average Bonchev–Trinajstić information content (AvgIpc) is 2.97. The Kier molecular flexibility index (Phi) is 3.71. The highest BCUT2D eigenvalue weighted by Crippen LogP contribution is 2.33. The minimum Gasteiger partial charge on any atom is -0.378 e. The summed E-state index contributed by atoms with van der Waals surface area (Å²) in [6, 6.07) is 0.569. The van der Waals surface area contributed by atoms with Crippen molar-refractivity contribution in [3.8, 4) is 0 Å². The molecule has 0 bridgehead atoms. The maximum atomic E-state index is 5.95. The second-order valence-corrected chi connectivity index (χ2v) is 6.23. The molecule has 2 saturated heterocycles. The largest absolute Gasteiger partial charge is 0.378 e. The van der Waals surface area contributed by atoms with Crippen LogP contribution in [-0.4, -0.2) is 31.5 Å². The van der Waals surface area contributed by atoms with E-state index in [9.17, 15) is 0 Å². The van der Waals surface area contributed by atoms with Gasteiger partial charge >= 0.3 is 0 Å². The molecule has 0 aromatic carbocycles. The van der Waals surface area contributed by atoms with E-state index >= 15 is 0 Å². The summed E-state index contributed by atoms with van der Waals surface area (Å²) in [7, 11) is 0. The Hall–Kier alpha value is -0.420. The van der Waals surface area contributed by atoms with Crippen LogP contribution in [0.15, 0.2) is 10.8 Å². The standard InChI is InChI=1S/C14H21NO2S/c1-11-8-18-9-12(11)7-15-13-2-4-17-14(6-13)3-5-16-10-14/h8-9,13,15H,2-7,10H2,1H3. The second kappa shape index (κ2) is 5.29. The molecule has 3 nitrogen and oxygen atoms in total. The summed E-state index contributed by atoms with van der Waals surface area (Å²) in [5.41, 5.74) is 2.85. The Bertz CT molecular complexity index is 398. The van der Waals surface area contributed by atoms with Crippen LogP contribution in [0.1, 0.15) is 30.4 Å². The van der Waals surface area contributed by atoms with Gasteiger partial charge < -0.3 is 14.8 Å². The van der Waals surface area contributed by atoms with E-state index in [1.807, 2.05) is 0 Å². The van der Waals surface area contributed by atoms with E-state index in [2.05, 4.69) is 23.0 Å². The zero-order valence-electron chi connectivity index (χ0n) is 10.9. The van der Waals surface area contributed by atoms with Gasteiger partial charge in [-0.15, -0.1) is 0 Å². The highest BCUT2D eigenvalue weighted by molar-refractivity contribution is 7.08. The monoisotopic (exact) mass is 267 g/mol. The number of thiophene rings is 1. The lowest BCUT2D eigenvalue weighted by atomic mass is 9.89. The first-order valence-electron chi connectivity index (χ1n) is 6.74. The molecule has 2 aliphatic rings. The normalized spacial score (nSPS) is 32.2. The molecular weight excluding hydrogens is 246 g/mol. The second-order valence-electron chi connectivity index (χ2n) is 5.48. The van der Waals surface area contributed by atoms with Gasteiger partial charge in [0.05, 0.1) is 12.2 Å². The van der Waals surface area contributed by atoms with Crippen molar-refractivity contribution in [3.63, 3.8) is 0 Å². The van der Waals surface area contributed by atoms with Crippen LogP contribution < -0.4 is 5.32 Å². The van der Waals surface area contributed by atoms with E-state index in [1.165, 1.54) is 11.1 Å². The van der Waals surface area contributed by atoms with Gasteiger partial charge in [0.1, 0.15) is 0 Å². The van der Waals surface area contributed by atoms with Crippen LogP contribution in [0.5, 0.6) is 0 Å². The van der Waals surface area contributed by atoms with Crippen molar-refractivity contribution in [1.29, 1.82) is 0 Å². The van der Waals surface area contributed by atoms with Crippen molar-refractivity contribution >= 4 is 11.3 Å². The van der Waals surface area contributed by atoms with Crippen molar-refractivity contribution in [2.75, 3.05) is 19.8 Å². The van der Waals surface area contributed by atoms with Crippen LogP contribution in [0.25, 0.3) is 0 Å². The van der Waals surface area contributed by atoms with Crippen LogP contribution in [-0.2, 0) is 16.0 Å². The summed E-state index contributed by atoms with van der Waals surface area (Å²) in [6.45, 7) is 5.67. The molecule has 4 heteroatoms. The predicted octanol–water partition coefficient (Wildman–Crippen LogP) is 2.48. The molecule has 1 spiro atoms. The zero-order valence-corrected chi connectivity index (χ0v) is 11.7. The van der Waals surface area contributed by atoms with Crippen LogP contribution in [0.3, 0.4) is 0 Å². The smallest absolute Gasteiger partial charge is 0.0951 e. The lowest BCUT2D eigenvalue weighted by Gasteiger charge is -2.37. The molecule has 0 aliphatic carbocycles. The SMILES string of the molecule is Cc1cscc1CNC1CCOC2(CCOC2)C1. The first-order valence-corrected chi connectivity index (χ1v) is 7.68. The molecule has 2 aliphatic heterocycles. The fourth-order valence-electron chi connectivity index (χ4n) is 2.89. The van der Waals surface area contributed by atoms with Crippen LogP contribution in [0.4, 0.5) is 0 Å². The summed E-state index contributed by atoms with van der Waals surface area (Å²) in [5.74, 6) is 0. The number of ether oxygens (including phenoxy) is 2. The molecule has 0 radical (unpaired) electrons. The molecule has 18 heavy (non-hydrogen) atoms. The fourth-order valence-corrected chi connectivity index (χ4v) is 3.74. The Morgan fingerprint density at radius 1 is 1.44 bits per heavy atom. The number of aryl methyl sites for hydroxylation is 1. The summed E-state index contributed by atoms with van der Waals surface area (Å²) < 4.78 is 11.5. The first-order chi connectivity index (χ1) is 8.77. The maximum Gasteiger partial charge on any atom is 0.0951 e. The Labute approximate surface area is 112 Å². The van der Waals surface area contributed by atoms with E-state index in [0.717, 1.165) is 45.6 Å². The third kappa shape index (κ3) is 2.62. The quantitative estimate of drug-likeness (QED) is 0.912. The number of nitrogens with one attached hydrogen (secondary N) is 1. The lowest BCUT2D eigenvalue weighted by Crippen LogP contribution is -2.47. The van der Waals surface area contributed by atoms with E-state index in [0.29, 0.717) is 6.04 Å². The van der Waals surface area contributed by atoms with Crippen LogP contribution >= 0.6 is 11.3 Å². The highest BCUT2D eigenvalue weighted by atomic mass is 32.1. The molecule has 0 saturated carbocycles. The number of rotatable bonds is 3. The van der Waals surface area contributed by atoms with Crippen molar-refractivity contribution in [2.45, 2.75) is 44.4 Å². The highest BCUT2D eigenvalue weighted by Gasteiger charge is 2.40. The van der Waals surface area contributed by atoms with Gasteiger partial charge in [-0.05, 0) is 41.7 Å². The molecule has 2 fully saturated rings. The predicted molar refractivity (Wildman–Crippen MR) is 73.0 cm³/mol. The van der Waals surface area contributed by atoms with Crippen molar-refractivity contribution < 1.29 is 9.47 Å². The molecule has 1 aromatic rings. The summed E-state index contributed by atoms with van der Waals surface area (Å²) in [4.78, 5) is 0. The molecule has 0 amide bonds. The van der Waals surface area contributed by atoms with Gasteiger partial charge in [0.15, 0.2) is 0 Å². The third-order valence-corrected chi connectivity index (χ3v) is 5.01. The fraction of sp³-hybridized carbons (Fsp3) is 0.714. The average molecular weight is 267 g/mol. The lowest BCUT2D eigenvalue weighted by molar-refractivity contribution is -0.0894. The number of hydrogen-bond acceptors (Lipinski definition) is 4. The Morgan fingerprint density at radius 2 is 2.39 bits per heavy atom.